The van der Waals surface area contributed by atoms with Gasteiger partial charge in [-0.1, -0.05) is 23.4 Å². The molecule has 0 amide bonds. The lowest BCUT2D eigenvalue weighted by Crippen LogP contribution is -1.90. The van der Waals surface area contributed by atoms with Crippen LogP contribution < -0.4 is 0 Å². The molecular weight excluding hydrogens is 256 g/mol. The summed E-state index contributed by atoms with van der Waals surface area (Å²) in [6, 6.07) is 10.4. The fourth-order valence-corrected chi connectivity index (χ4v) is 2.65. The van der Waals surface area contributed by atoms with Crippen molar-refractivity contribution >= 4 is 5.69 Å². The van der Waals surface area contributed by atoms with Crippen molar-refractivity contribution in [2.24, 2.45) is 5.18 Å². The SMILES string of the molecule is CC(N=O)c1ccc2c(c1)Cc1cc([N+](=O)[O-])ccc1-2. The van der Waals surface area contributed by atoms with E-state index in [0.29, 0.717) is 6.42 Å². The number of nitroso groups, excluding NO2 is 1. The number of nitrogens with zero attached hydrogens (tertiary/aromatic N) is 2. The van der Waals surface area contributed by atoms with Crippen molar-refractivity contribution in [2.45, 2.75) is 19.4 Å². The minimum atomic E-state index is -0.382. The Bertz CT molecular complexity index is 725. The van der Waals surface area contributed by atoms with E-state index in [4.69, 9.17) is 0 Å². The second-order valence-electron chi connectivity index (χ2n) is 4.97. The largest absolute Gasteiger partial charge is 0.269 e. The van der Waals surface area contributed by atoms with E-state index in [2.05, 4.69) is 5.18 Å². The summed E-state index contributed by atoms with van der Waals surface area (Å²) in [5.74, 6) is 0. The van der Waals surface area contributed by atoms with Gasteiger partial charge in [0.15, 0.2) is 0 Å². The van der Waals surface area contributed by atoms with Crippen LogP contribution in [0.3, 0.4) is 0 Å². The van der Waals surface area contributed by atoms with Gasteiger partial charge in [0.2, 0.25) is 0 Å². The first-order valence-corrected chi connectivity index (χ1v) is 6.33. The van der Waals surface area contributed by atoms with Crippen LogP contribution in [0.1, 0.15) is 29.7 Å². The van der Waals surface area contributed by atoms with Gasteiger partial charge in [0.25, 0.3) is 5.69 Å². The molecule has 1 aliphatic rings. The summed E-state index contributed by atoms with van der Waals surface area (Å²) in [6.45, 7) is 1.75. The van der Waals surface area contributed by atoms with Gasteiger partial charge >= 0.3 is 0 Å². The van der Waals surface area contributed by atoms with Crippen molar-refractivity contribution < 1.29 is 4.92 Å². The van der Waals surface area contributed by atoms with E-state index in [9.17, 15) is 15.0 Å². The average molecular weight is 268 g/mol. The van der Waals surface area contributed by atoms with Gasteiger partial charge in [0.1, 0.15) is 6.04 Å². The molecule has 0 spiro atoms. The normalized spacial score (nSPS) is 13.4. The van der Waals surface area contributed by atoms with Gasteiger partial charge in [0.05, 0.1) is 4.92 Å². The summed E-state index contributed by atoms with van der Waals surface area (Å²) in [5.41, 5.74) is 5.15. The molecule has 1 aliphatic carbocycles. The van der Waals surface area contributed by atoms with Gasteiger partial charge in [-0.2, -0.15) is 4.91 Å². The Labute approximate surface area is 115 Å². The Balaban J connectivity index is 2.05. The van der Waals surface area contributed by atoms with Crippen LogP contribution in [0.4, 0.5) is 5.69 Å². The van der Waals surface area contributed by atoms with Gasteiger partial charge in [-0.15, -0.1) is 0 Å². The van der Waals surface area contributed by atoms with Crippen LogP contribution in [-0.4, -0.2) is 4.92 Å². The van der Waals surface area contributed by atoms with Gasteiger partial charge in [-0.05, 0) is 47.2 Å². The Hall–Kier alpha value is -2.56. The average Bonchev–Trinajstić information content (AvgIpc) is 2.82. The van der Waals surface area contributed by atoms with Crippen molar-refractivity contribution in [1.29, 1.82) is 0 Å². The molecule has 1 atom stereocenters. The molecule has 0 bridgehead atoms. The first-order valence-electron chi connectivity index (χ1n) is 6.33. The number of fused-ring (bicyclic) bond motifs is 3. The third-order valence-electron chi connectivity index (χ3n) is 3.74. The molecule has 2 aromatic rings. The molecule has 5 nitrogen and oxygen atoms in total. The first-order chi connectivity index (χ1) is 9.60. The van der Waals surface area contributed by atoms with Gasteiger partial charge in [-0.25, -0.2) is 0 Å². The van der Waals surface area contributed by atoms with Crippen LogP contribution in [0.2, 0.25) is 0 Å². The Morgan fingerprint density at radius 3 is 2.45 bits per heavy atom. The summed E-state index contributed by atoms with van der Waals surface area (Å²) in [6.07, 6.45) is 0.658. The second-order valence-corrected chi connectivity index (χ2v) is 4.97. The molecule has 1 unspecified atom stereocenters. The van der Waals surface area contributed by atoms with E-state index >= 15 is 0 Å². The summed E-state index contributed by atoms with van der Waals surface area (Å²) in [7, 11) is 0. The standard InChI is InChI=1S/C15H12N2O3/c1-9(16-18)10-2-4-14-11(6-10)7-12-8-13(17(19)20)3-5-15(12)14/h2-6,8-9H,7H2,1H3. The summed E-state index contributed by atoms with van der Waals surface area (Å²) >= 11 is 0. The minimum absolute atomic E-state index is 0.111. The predicted octanol–water partition coefficient (Wildman–Crippen LogP) is 3.99. The molecule has 20 heavy (non-hydrogen) atoms. The molecule has 0 N–H and O–H groups in total. The summed E-state index contributed by atoms with van der Waals surface area (Å²) in [4.78, 5) is 21.1. The number of hydrogen-bond acceptors (Lipinski definition) is 4. The van der Waals surface area contributed by atoms with Crippen LogP contribution >= 0.6 is 0 Å². The lowest BCUT2D eigenvalue weighted by molar-refractivity contribution is -0.384. The summed E-state index contributed by atoms with van der Waals surface area (Å²) < 4.78 is 0. The molecule has 0 saturated carbocycles. The fourth-order valence-electron chi connectivity index (χ4n) is 2.65. The predicted molar refractivity (Wildman–Crippen MR) is 75.5 cm³/mol. The molecule has 0 aromatic heterocycles. The van der Waals surface area contributed by atoms with Crippen LogP contribution in [-0.2, 0) is 6.42 Å². The zero-order chi connectivity index (χ0) is 14.3. The lowest BCUT2D eigenvalue weighted by Gasteiger charge is -2.06. The van der Waals surface area contributed by atoms with E-state index in [0.717, 1.165) is 27.8 Å². The highest BCUT2D eigenvalue weighted by Crippen LogP contribution is 2.39. The molecule has 3 rings (SSSR count). The third kappa shape index (κ3) is 1.87. The Kier molecular flexibility index (Phi) is 2.82. The van der Waals surface area contributed by atoms with Gasteiger partial charge in [0, 0.05) is 12.1 Å². The molecular formula is C15H12N2O3. The van der Waals surface area contributed by atoms with E-state index in [1.807, 2.05) is 18.2 Å². The van der Waals surface area contributed by atoms with Crippen LogP contribution in [0.5, 0.6) is 0 Å². The Morgan fingerprint density at radius 2 is 1.80 bits per heavy atom. The highest BCUT2D eigenvalue weighted by molar-refractivity contribution is 5.78. The second kappa shape index (κ2) is 4.52. The zero-order valence-corrected chi connectivity index (χ0v) is 10.9. The van der Waals surface area contributed by atoms with E-state index < -0.39 is 0 Å². The van der Waals surface area contributed by atoms with Crippen molar-refractivity contribution in [3.8, 4) is 11.1 Å². The fraction of sp³-hybridized carbons (Fsp3) is 0.200. The van der Waals surface area contributed by atoms with Gasteiger partial charge < -0.3 is 0 Å². The number of benzene rings is 2. The number of nitro groups is 1. The molecule has 0 aliphatic heterocycles. The van der Waals surface area contributed by atoms with Crippen molar-refractivity contribution in [3.05, 3.63) is 68.1 Å². The lowest BCUT2D eigenvalue weighted by atomic mass is 10.0. The molecule has 5 heteroatoms. The molecule has 0 saturated heterocycles. The van der Waals surface area contributed by atoms with Crippen LogP contribution in [0.25, 0.3) is 11.1 Å². The molecule has 0 fully saturated rings. The van der Waals surface area contributed by atoms with E-state index in [1.54, 1.807) is 19.1 Å². The summed E-state index contributed by atoms with van der Waals surface area (Å²) in [5, 5.41) is 13.8. The third-order valence-corrected chi connectivity index (χ3v) is 3.74. The zero-order valence-electron chi connectivity index (χ0n) is 10.9. The molecule has 2 aromatic carbocycles. The van der Waals surface area contributed by atoms with Crippen LogP contribution in [0, 0.1) is 15.0 Å². The van der Waals surface area contributed by atoms with Crippen LogP contribution in [0.15, 0.2) is 41.6 Å². The maximum Gasteiger partial charge on any atom is 0.269 e. The smallest absolute Gasteiger partial charge is 0.258 e. The van der Waals surface area contributed by atoms with E-state index in [1.165, 1.54) is 6.07 Å². The van der Waals surface area contributed by atoms with E-state index in [-0.39, 0.29) is 16.7 Å². The quantitative estimate of drug-likeness (QED) is 0.409. The highest BCUT2D eigenvalue weighted by atomic mass is 16.6. The Morgan fingerprint density at radius 1 is 1.15 bits per heavy atom. The maximum absolute atomic E-state index is 10.8. The van der Waals surface area contributed by atoms with Crippen molar-refractivity contribution in [2.75, 3.05) is 0 Å². The monoisotopic (exact) mass is 268 g/mol. The number of nitro benzene ring substituents is 1. The number of rotatable bonds is 3. The first kappa shape index (κ1) is 12.5. The molecule has 100 valence electrons. The molecule has 0 heterocycles. The maximum atomic E-state index is 10.8. The topological polar surface area (TPSA) is 72.6 Å². The molecule has 0 radical (unpaired) electrons. The number of hydrogen-bond donors (Lipinski definition) is 0. The van der Waals surface area contributed by atoms with Gasteiger partial charge in [-0.3, -0.25) is 10.1 Å². The van der Waals surface area contributed by atoms with Crippen molar-refractivity contribution in [3.63, 3.8) is 0 Å². The number of non-ortho nitro benzene ring substituents is 1. The highest BCUT2D eigenvalue weighted by Gasteiger charge is 2.22. The van der Waals surface area contributed by atoms with Crippen molar-refractivity contribution in [1.82, 2.24) is 0 Å². The minimum Gasteiger partial charge on any atom is -0.258 e.